The van der Waals surface area contributed by atoms with Gasteiger partial charge in [0.05, 0.1) is 39.6 Å². The van der Waals surface area contributed by atoms with Crippen LogP contribution in [0.3, 0.4) is 0 Å². The molecule has 1 saturated heterocycles. The summed E-state index contributed by atoms with van der Waals surface area (Å²) in [7, 11) is -2.47. The fourth-order valence-electron chi connectivity index (χ4n) is 6.57. The third-order valence-electron chi connectivity index (χ3n) is 8.85. The minimum atomic E-state index is -2.47. The number of hydrogen-bond acceptors (Lipinski definition) is 9. The highest BCUT2D eigenvalue weighted by atomic mass is 32.3. The summed E-state index contributed by atoms with van der Waals surface area (Å²) in [5, 5.41) is 11.1. The molecule has 2 atom stereocenters. The molecule has 2 aromatic heterocycles. The fraction of sp³-hybridized carbons (Fsp3) is 0.500. The Morgan fingerprint density at radius 3 is 2.51 bits per heavy atom. The van der Waals surface area contributed by atoms with E-state index in [0.717, 1.165) is 34.0 Å². The number of aryl methyl sites for hydroxylation is 1. The highest BCUT2D eigenvalue weighted by molar-refractivity contribution is 8.24. The first-order chi connectivity index (χ1) is 18.7. The Morgan fingerprint density at radius 1 is 1.21 bits per heavy atom. The molecular weight excluding hydrogens is 534 g/mol. The van der Waals surface area contributed by atoms with Gasteiger partial charge in [0.1, 0.15) is 16.3 Å². The van der Waals surface area contributed by atoms with Crippen molar-refractivity contribution in [3.8, 4) is 28.1 Å². The maximum atomic E-state index is 13.3. The van der Waals surface area contributed by atoms with Crippen LogP contribution in [0.1, 0.15) is 55.2 Å². The Labute approximate surface area is 233 Å². The number of primary amides is 1. The van der Waals surface area contributed by atoms with Crippen molar-refractivity contribution >= 4 is 33.5 Å². The van der Waals surface area contributed by atoms with Crippen LogP contribution >= 0.6 is 21.9 Å². The van der Waals surface area contributed by atoms with Crippen LogP contribution in [0.5, 0.6) is 0 Å². The first kappa shape index (κ1) is 26.3. The molecule has 1 aromatic carbocycles. The van der Waals surface area contributed by atoms with E-state index in [1.54, 1.807) is 6.20 Å². The van der Waals surface area contributed by atoms with Gasteiger partial charge in [0.25, 0.3) is 0 Å². The number of carbonyl (C=O) groups excluding carboxylic acids is 1. The molecule has 6 rings (SSSR count). The summed E-state index contributed by atoms with van der Waals surface area (Å²) in [6, 6.07) is 10.5. The molecular formula is C28H33N5O4S2. The fourth-order valence-corrected chi connectivity index (χ4v) is 8.50. The van der Waals surface area contributed by atoms with Crippen LogP contribution in [0.25, 0.3) is 22.0 Å². The SMILES string of the molecule is Cc1ncc(-c2nc(-c3ccc(N4CCS(O)(O)CC4)cc3)c(C3CCCCC3(C(N)=O)C3(C#N)CC3)o2)s1. The summed E-state index contributed by atoms with van der Waals surface area (Å²) in [5.41, 5.74) is 6.94. The van der Waals surface area contributed by atoms with Gasteiger partial charge in [-0.1, -0.05) is 25.0 Å². The number of anilines is 1. The van der Waals surface area contributed by atoms with Crippen molar-refractivity contribution in [1.82, 2.24) is 9.97 Å². The van der Waals surface area contributed by atoms with Gasteiger partial charge in [-0.3, -0.25) is 13.9 Å². The summed E-state index contributed by atoms with van der Waals surface area (Å²) in [5.74, 6) is 1.06. The van der Waals surface area contributed by atoms with Gasteiger partial charge in [-0.2, -0.15) is 15.9 Å². The van der Waals surface area contributed by atoms with Crippen molar-refractivity contribution < 1.29 is 18.3 Å². The van der Waals surface area contributed by atoms with E-state index in [9.17, 15) is 19.2 Å². The summed E-state index contributed by atoms with van der Waals surface area (Å²) in [6.07, 6.45) is 6.14. The first-order valence-corrected chi connectivity index (χ1v) is 16.1. The molecule has 0 radical (unpaired) electrons. The molecule has 3 heterocycles. The van der Waals surface area contributed by atoms with Crippen molar-refractivity contribution in [2.45, 2.75) is 51.4 Å². The summed E-state index contributed by atoms with van der Waals surface area (Å²) in [4.78, 5) is 25.5. The zero-order valence-corrected chi connectivity index (χ0v) is 23.6. The smallest absolute Gasteiger partial charge is 0.238 e. The van der Waals surface area contributed by atoms with Crippen LogP contribution in [0.4, 0.5) is 5.69 Å². The number of benzene rings is 1. The number of rotatable bonds is 6. The normalized spacial score (nSPS) is 26.5. The van der Waals surface area contributed by atoms with Gasteiger partial charge >= 0.3 is 0 Å². The molecule has 39 heavy (non-hydrogen) atoms. The lowest BCUT2D eigenvalue weighted by Gasteiger charge is -2.44. The predicted molar refractivity (Wildman–Crippen MR) is 153 cm³/mol. The number of nitrogens with zero attached hydrogens (tertiary/aromatic N) is 4. The predicted octanol–water partition coefficient (Wildman–Crippen LogP) is 5.78. The molecule has 2 unspecified atom stereocenters. The van der Waals surface area contributed by atoms with Gasteiger partial charge in [-0.25, -0.2) is 9.97 Å². The zero-order valence-electron chi connectivity index (χ0n) is 21.9. The van der Waals surface area contributed by atoms with E-state index in [4.69, 9.17) is 15.1 Å². The summed E-state index contributed by atoms with van der Waals surface area (Å²) in [6.45, 7) is 3.11. The second-order valence-electron chi connectivity index (χ2n) is 11.0. The molecule has 4 N–H and O–H groups in total. The number of nitrogens with two attached hydrogens (primary N) is 1. The van der Waals surface area contributed by atoms with Crippen molar-refractivity contribution in [1.29, 1.82) is 5.26 Å². The summed E-state index contributed by atoms with van der Waals surface area (Å²) < 4.78 is 26.5. The molecule has 1 amide bonds. The van der Waals surface area contributed by atoms with Crippen molar-refractivity contribution in [3.63, 3.8) is 0 Å². The Balaban J connectivity index is 1.43. The largest absolute Gasteiger partial charge is 0.439 e. The lowest BCUT2D eigenvalue weighted by atomic mass is 9.56. The van der Waals surface area contributed by atoms with Crippen molar-refractivity contribution in [3.05, 3.63) is 41.2 Å². The topological polar surface area (TPSA) is 150 Å². The van der Waals surface area contributed by atoms with Crippen LogP contribution in [0.2, 0.25) is 0 Å². The second-order valence-corrected chi connectivity index (χ2v) is 14.7. The number of oxazole rings is 1. The Hall–Kier alpha value is -2.91. The molecule has 206 valence electrons. The van der Waals surface area contributed by atoms with E-state index in [1.165, 1.54) is 11.3 Å². The maximum Gasteiger partial charge on any atom is 0.238 e. The van der Waals surface area contributed by atoms with Crippen LogP contribution in [0, 0.1) is 29.1 Å². The maximum absolute atomic E-state index is 13.3. The highest BCUT2D eigenvalue weighted by Gasteiger charge is 2.67. The number of thiazole rings is 1. The first-order valence-electron chi connectivity index (χ1n) is 13.4. The van der Waals surface area contributed by atoms with Crippen LogP contribution in [-0.4, -0.2) is 49.6 Å². The average molecular weight is 568 g/mol. The Morgan fingerprint density at radius 2 is 1.92 bits per heavy atom. The average Bonchev–Trinajstić information content (AvgIpc) is 3.42. The van der Waals surface area contributed by atoms with Crippen molar-refractivity contribution in [2.24, 2.45) is 16.6 Å². The molecule has 3 fully saturated rings. The minimum absolute atomic E-state index is 0.344. The number of carbonyl (C=O) groups is 1. The molecule has 3 aliphatic rings. The monoisotopic (exact) mass is 567 g/mol. The quantitative estimate of drug-likeness (QED) is 0.339. The Kier molecular flexibility index (Phi) is 6.50. The van der Waals surface area contributed by atoms with Gasteiger partial charge in [0.15, 0.2) is 0 Å². The second kappa shape index (κ2) is 9.63. The standard InChI is InChI=1S/C28H33N5O4S2/c1-18-31-16-22(38-18)25-32-23(19-5-7-20(8-6-19)33-12-14-39(35,36)15-13-33)24(37-25)21-4-2-3-9-28(21,26(30)34)27(17-29)10-11-27/h5-8,16,21,35-36H,2-4,9-15H2,1H3,(H2,30,34). The highest BCUT2D eigenvalue weighted by Crippen LogP contribution is 2.68. The zero-order chi connectivity index (χ0) is 27.4. The van der Waals surface area contributed by atoms with Crippen LogP contribution in [-0.2, 0) is 4.79 Å². The van der Waals surface area contributed by atoms with Gasteiger partial charge in [-0.05, 0) is 44.7 Å². The van der Waals surface area contributed by atoms with Gasteiger partial charge in [0, 0.05) is 30.3 Å². The lowest BCUT2D eigenvalue weighted by Crippen LogP contribution is -2.50. The van der Waals surface area contributed by atoms with E-state index in [0.29, 0.717) is 67.6 Å². The van der Waals surface area contributed by atoms with Crippen LogP contribution < -0.4 is 10.6 Å². The number of aromatic nitrogens is 2. The van der Waals surface area contributed by atoms with Gasteiger partial charge in [0.2, 0.25) is 11.8 Å². The number of nitriles is 1. The molecule has 2 saturated carbocycles. The molecule has 3 aromatic rings. The van der Waals surface area contributed by atoms with Crippen LogP contribution in [0.15, 0.2) is 34.9 Å². The lowest BCUT2D eigenvalue weighted by molar-refractivity contribution is -0.135. The molecule has 0 spiro atoms. The minimum Gasteiger partial charge on any atom is -0.439 e. The van der Waals surface area contributed by atoms with E-state index in [-0.39, 0.29) is 5.92 Å². The molecule has 2 aliphatic carbocycles. The molecule has 1 aliphatic heterocycles. The number of amides is 1. The van der Waals surface area contributed by atoms with E-state index in [1.807, 2.05) is 31.2 Å². The molecule has 0 bridgehead atoms. The van der Waals surface area contributed by atoms with Gasteiger partial charge < -0.3 is 15.1 Å². The third-order valence-corrected chi connectivity index (χ3v) is 11.4. The molecule has 11 heteroatoms. The van der Waals surface area contributed by atoms with Gasteiger partial charge in [-0.15, -0.1) is 11.3 Å². The Bertz CT molecular complexity index is 1430. The van der Waals surface area contributed by atoms with Crippen molar-refractivity contribution in [2.75, 3.05) is 29.5 Å². The summed E-state index contributed by atoms with van der Waals surface area (Å²) >= 11 is 1.50. The third kappa shape index (κ3) is 4.43. The number of hydrogen-bond donors (Lipinski definition) is 3. The molecule has 9 nitrogen and oxygen atoms in total. The van der Waals surface area contributed by atoms with E-state index >= 15 is 0 Å². The van der Waals surface area contributed by atoms with E-state index < -0.39 is 27.3 Å². The van der Waals surface area contributed by atoms with E-state index in [2.05, 4.69) is 16.0 Å².